The topological polar surface area (TPSA) is 90.4 Å². The van der Waals surface area contributed by atoms with Crippen molar-refractivity contribution in [3.63, 3.8) is 0 Å². The van der Waals surface area contributed by atoms with Gasteiger partial charge in [0.15, 0.2) is 0 Å². The number of benzene rings is 3. The van der Waals surface area contributed by atoms with Crippen molar-refractivity contribution in [2.75, 3.05) is 11.3 Å². The number of hydrogen-bond donors (Lipinski definition) is 2. The maximum atomic E-state index is 6.14. The summed E-state index contributed by atoms with van der Waals surface area (Å²) in [5.74, 6) is 7.97. The molecular formula is C24H23BrN6OS. The highest BCUT2D eigenvalue weighted by atomic mass is 79.9. The van der Waals surface area contributed by atoms with Crippen molar-refractivity contribution >= 4 is 39.9 Å². The van der Waals surface area contributed by atoms with Crippen LogP contribution in [0.2, 0.25) is 0 Å². The summed E-state index contributed by atoms with van der Waals surface area (Å²) in [5.41, 5.74) is 7.18. The number of ether oxygens (including phenoxy) is 1. The van der Waals surface area contributed by atoms with Gasteiger partial charge in [-0.3, -0.25) is 0 Å². The minimum Gasteiger partial charge on any atom is -0.488 e. The Bertz CT molecular complexity index is 1260. The predicted molar refractivity (Wildman–Crippen MR) is 137 cm³/mol. The summed E-state index contributed by atoms with van der Waals surface area (Å²) >= 11 is 5.00. The largest absolute Gasteiger partial charge is 0.488 e. The van der Waals surface area contributed by atoms with E-state index in [-0.39, 0.29) is 0 Å². The number of anilines is 1. The van der Waals surface area contributed by atoms with Gasteiger partial charge in [-0.05, 0) is 42.3 Å². The van der Waals surface area contributed by atoms with E-state index in [4.69, 9.17) is 10.6 Å². The van der Waals surface area contributed by atoms with Gasteiger partial charge < -0.3 is 10.6 Å². The Hall–Kier alpha value is -3.30. The molecule has 4 aromatic rings. The number of aromatic nitrogens is 3. The van der Waals surface area contributed by atoms with Gasteiger partial charge in [-0.2, -0.15) is 5.10 Å². The van der Waals surface area contributed by atoms with E-state index in [1.54, 1.807) is 6.21 Å². The average molecular weight is 523 g/mol. The van der Waals surface area contributed by atoms with E-state index in [9.17, 15) is 0 Å². The van der Waals surface area contributed by atoms with Gasteiger partial charge in [-0.15, -0.1) is 10.2 Å². The van der Waals surface area contributed by atoms with Crippen molar-refractivity contribution in [1.82, 2.24) is 14.9 Å². The zero-order valence-corrected chi connectivity index (χ0v) is 20.4. The van der Waals surface area contributed by atoms with Crippen LogP contribution >= 0.6 is 27.7 Å². The highest BCUT2D eigenvalue weighted by molar-refractivity contribution is 9.10. The zero-order chi connectivity index (χ0) is 23.0. The van der Waals surface area contributed by atoms with Crippen LogP contribution in [-0.2, 0) is 12.4 Å². The maximum absolute atomic E-state index is 6.14. The molecule has 0 aliphatic rings. The molecule has 0 radical (unpaired) electrons. The maximum Gasteiger partial charge on any atom is 0.264 e. The van der Waals surface area contributed by atoms with Crippen molar-refractivity contribution < 1.29 is 4.74 Å². The summed E-state index contributed by atoms with van der Waals surface area (Å²) < 4.78 is 8.40. The lowest BCUT2D eigenvalue weighted by Crippen LogP contribution is -2.13. The molecule has 0 aliphatic carbocycles. The number of nitrogens with zero attached hydrogens (tertiary/aromatic N) is 4. The van der Waals surface area contributed by atoms with Crippen molar-refractivity contribution in [2.24, 2.45) is 5.10 Å². The number of hydrazone groups is 1. The number of nitrogens with one attached hydrogen (secondary N) is 1. The number of nitrogens with two attached hydrogens (primary N) is 1. The molecule has 3 N–H and O–H groups in total. The molecule has 0 spiro atoms. The lowest BCUT2D eigenvalue weighted by Gasteiger charge is -2.09. The van der Waals surface area contributed by atoms with E-state index in [0.29, 0.717) is 17.7 Å². The zero-order valence-electron chi connectivity index (χ0n) is 18.0. The third-order valence-corrected chi connectivity index (χ3v) is 6.19. The number of hydrogen-bond acceptors (Lipinski definition) is 7. The van der Waals surface area contributed by atoms with Crippen LogP contribution < -0.4 is 16.0 Å². The number of nitrogen functional groups attached to an aromatic ring is 1. The van der Waals surface area contributed by atoms with Gasteiger partial charge >= 0.3 is 0 Å². The van der Waals surface area contributed by atoms with Crippen LogP contribution in [0.25, 0.3) is 0 Å². The molecule has 0 aliphatic heterocycles. The van der Waals surface area contributed by atoms with Gasteiger partial charge in [-0.25, -0.2) is 10.1 Å². The van der Waals surface area contributed by atoms with E-state index >= 15 is 0 Å². The molecule has 7 nitrogen and oxygen atoms in total. The molecule has 0 unspecified atom stereocenters. The first-order chi connectivity index (χ1) is 16.1. The van der Waals surface area contributed by atoms with Crippen LogP contribution in [-0.4, -0.2) is 21.1 Å². The molecule has 0 bridgehead atoms. The van der Waals surface area contributed by atoms with Gasteiger partial charge in [0.25, 0.3) is 5.95 Å². The van der Waals surface area contributed by atoms with Crippen molar-refractivity contribution in [3.05, 3.63) is 99.5 Å². The number of para-hydroxylation sites is 1. The van der Waals surface area contributed by atoms with Crippen molar-refractivity contribution in [1.29, 1.82) is 0 Å². The molecule has 1 aromatic heterocycles. The lowest BCUT2D eigenvalue weighted by molar-refractivity contribution is 0.305. The van der Waals surface area contributed by atoms with Crippen LogP contribution in [0.5, 0.6) is 5.75 Å². The molecule has 3 aromatic carbocycles. The van der Waals surface area contributed by atoms with Crippen LogP contribution in [0.15, 0.2) is 87.5 Å². The number of aryl methyl sites for hydroxylation is 1. The van der Waals surface area contributed by atoms with Gasteiger partial charge in [-0.1, -0.05) is 81.8 Å². The second-order valence-corrected chi connectivity index (χ2v) is 9.14. The fraction of sp³-hybridized carbons (Fsp3) is 0.125. The SMILES string of the molecule is Cc1cccc(CSc2nnc(N/N=C/c3ccccc3OCc3cccc(Br)c3)n2N)c1. The number of rotatable bonds is 9. The first-order valence-electron chi connectivity index (χ1n) is 10.2. The fourth-order valence-corrected chi connectivity index (χ4v) is 4.31. The Morgan fingerprint density at radius 2 is 1.88 bits per heavy atom. The molecule has 0 amide bonds. The highest BCUT2D eigenvalue weighted by Crippen LogP contribution is 2.22. The fourth-order valence-electron chi connectivity index (χ4n) is 3.07. The Morgan fingerprint density at radius 3 is 2.73 bits per heavy atom. The van der Waals surface area contributed by atoms with Gasteiger partial charge in [0, 0.05) is 15.8 Å². The van der Waals surface area contributed by atoms with Crippen LogP contribution in [0, 0.1) is 6.92 Å². The van der Waals surface area contributed by atoms with Crippen molar-refractivity contribution in [3.8, 4) is 5.75 Å². The smallest absolute Gasteiger partial charge is 0.264 e. The van der Waals surface area contributed by atoms with Crippen LogP contribution in [0.1, 0.15) is 22.3 Å². The molecule has 0 atom stereocenters. The Kier molecular flexibility index (Phi) is 7.64. The van der Waals surface area contributed by atoms with Gasteiger partial charge in [0.2, 0.25) is 5.16 Å². The number of halogens is 1. The lowest BCUT2D eigenvalue weighted by atomic mass is 10.2. The number of thioether (sulfide) groups is 1. The van der Waals surface area contributed by atoms with Gasteiger partial charge in [0.05, 0.1) is 6.21 Å². The molecule has 4 rings (SSSR count). The first-order valence-corrected chi connectivity index (χ1v) is 12.0. The highest BCUT2D eigenvalue weighted by Gasteiger charge is 2.10. The minimum absolute atomic E-state index is 0.352. The summed E-state index contributed by atoms with van der Waals surface area (Å²) in [7, 11) is 0. The van der Waals surface area contributed by atoms with Crippen molar-refractivity contribution in [2.45, 2.75) is 24.4 Å². The van der Waals surface area contributed by atoms with E-state index in [0.717, 1.165) is 27.1 Å². The monoisotopic (exact) mass is 522 g/mol. The first kappa shape index (κ1) is 22.9. The van der Waals surface area contributed by atoms with E-state index in [1.807, 2.05) is 54.6 Å². The molecule has 0 saturated carbocycles. The summed E-state index contributed by atoms with van der Waals surface area (Å²) in [5, 5.41) is 13.1. The Labute approximate surface area is 205 Å². The molecule has 33 heavy (non-hydrogen) atoms. The molecule has 1 heterocycles. The van der Waals surface area contributed by atoms with Gasteiger partial charge in [0.1, 0.15) is 12.4 Å². The van der Waals surface area contributed by atoms with E-state index in [1.165, 1.54) is 27.6 Å². The Morgan fingerprint density at radius 1 is 1.06 bits per heavy atom. The van der Waals surface area contributed by atoms with E-state index in [2.05, 4.69) is 61.8 Å². The van der Waals surface area contributed by atoms with E-state index < -0.39 is 0 Å². The molecular weight excluding hydrogens is 500 g/mol. The standard InChI is InChI=1S/C24H23BrN6OS/c1-17-6-4-8-19(12-17)16-33-24-30-29-23(31(24)26)28-27-14-20-9-2-3-11-22(20)32-15-18-7-5-10-21(25)13-18/h2-14H,15-16,26H2,1H3,(H,28,29)/b27-14+. The summed E-state index contributed by atoms with van der Waals surface area (Å²) in [6.07, 6.45) is 1.67. The third kappa shape index (κ3) is 6.36. The average Bonchev–Trinajstić information content (AvgIpc) is 3.16. The third-order valence-electron chi connectivity index (χ3n) is 4.69. The normalized spacial score (nSPS) is 11.1. The molecule has 168 valence electrons. The van der Waals surface area contributed by atoms with Crippen LogP contribution in [0.4, 0.5) is 5.95 Å². The van der Waals surface area contributed by atoms with Crippen LogP contribution in [0.3, 0.4) is 0 Å². The minimum atomic E-state index is 0.352. The predicted octanol–water partition coefficient (Wildman–Crippen LogP) is 5.38. The molecule has 0 fully saturated rings. The molecule has 9 heteroatoms. The summed E-state index contributed by atoms with van der Waals surface area (Å²) in [4.78, 5) is 0. The summed E-state index contributed by atoms with van der Waals surface area (Å²) in [6.45, 7) is 2.53. The molecule has 0 saturated heterocycles. The second kappa shape index (κ2) is 11.0. The Balaban J connectivity index is 1.36. The quantitative estimate of drug-likeness (QED) is 0.133. The summed E-state index contributed by atoms with van der Waals surface area (Å²) in [6, 6.07) is 24.0. The second-order valence-electron chi connectivity index (χ2n) is 7.28.